The van der Waals surface area contributed by atoms with E-state index in [-0.39, 0.29) is 0 Å². The van der Waals surface area contributed by atoms with E-state index in [4.69, 9.17) is 44.8 Å². The molecule has 0 saturated heterocycles. The quantitative estimate of drug-likeness (QED) is 0.475. The molecule has 0 atom stereocenters. The molecule has 1 N–H and O–H groups in total. The Kier molecular flexibility index (Phi) is 5.55. The molecule has 0 spiro atoms. The molecular weight excluding hydrogens is 409 g/mol. The molecule has 1 aliphatic carbocycles. The number of rotatable bonds is 4. The molecule has 0 amide bonds. The van der Waals surface area contributed by atoms with Gasteiger partial charge in [0.2, 0.25) is 0 Å². The van der Waals surface area contributed by atoms with Crippen molar-refractivity contribution in [2.24, 2.45) is 0 Å². The lowest BCUT2D eigenvalue weighted by molar-refractivity contribution is 0.430. The van der Waals surface area contributed by atoms with Crippen LogP contribution in [0.3, 0.4) is 0 Å². The second kappa shape index (κ2) is 7.89. The molecule has 0 bridgehead atoms. The maximum absolute atomic E-state index is 6.24. The number of anilines is 1. The van der Waals surface area contributed by atoms with E-state index in [1.165, 1.54) is 30.6 Å². The number of thiophene rings is 1. The van der Waals surface area contributed by atoms with E-state index in [1.54, 1.807) is 0 Å². The Bertz CT molecular complexity index is 935. The van der Waals surface area contributed by atoms with Gasteiger partial charge in [0.15, 0.2) is 0 Å². The van der Waals surface area contributed by atoms with Crippen molar-refractivity contribution in [1.29, 1.82) is 0 Å². The van der Waals surface area contributed by atoms with E-state index in [0.29, 0.717) is 22.5 Å². The fourth-order valence-corrected chi connectivity index (χ4v) is 4.84. The van der Waals surface area contributed by atoms with Gasteiger partial charge in [-0.15, -0.1) is 11.3 Å². The van der Waals surface area contributed by atoms with Crippen LogP contribution >= 0.6 is 46.1 Å². The van der Waals surface area contributed by atoms with Crippen molar-refractivity contribution in [3.05, 3.63) is 50.0 Å². The maximum Gasteiger partial charge on any atom is 0.138 e. The van der Waals surface area contributed by atoms with Crippen molar-refractivity contribution in [1.82, 2.24) is 9.97 Å². The summed E-state index contributed by atoms with van der Waals surface area (Å²) in [5, 5.41) is 5.53. The van der Waals surface area contributed by atoms with E-state index < -0.39 is 0 Å². The molecular formula is C19H18Cl3N3S. The molecule has 2 aromatic heterocycles. The van der Waals surface area contributed by atoms with Crippen molar-refractivity contribution in [3.8, 4) is 0 Å². The van der Waals surface area contributed by atoms with Gasteiger partial charge in [0, 0.05) is 12.5 Å². The van der Waals surface area contributed by atoms with Gasteiger partial charge in [0.1, 0.15) is 16.5 Å². The molecule has 1 aromatic carbocycles. The number of hydrogen-bond acceptors (Lipinski definition) is 4. The normalized spacial score (nSPS) is 15.5. The fourth-order valence-electron chi connectivity index (χ4n) is 3.42. The average Bonchev–Trinajstić information content (AvgIpc) is 3.03. The Morgan fingerprint density at radius 2 is 1.81 bits per heavy atom. The van der Waals surface area contributed by atoms with Crippen LogP contribution in [-0.4, -0.2) is 9.97 Å². The predicted octanol–water partition coefficient (Wildman–Crippen LogP) is 7.31. The van der Waals surface area contributed by atoms with Gasteiger partial charge in [-0.3, -0.25) is 0 Å². The monoisotopic (exact) mass is 425 g/mol. The van der Waals surface area contributed by atoms with Crippen molar-refractivity contribution >= 4 is 62.2 Å². The molecule has 0 unspecified atom stereocenters. The Labute approximate surface area is 171 Å². The number of halogens is 3. The van der Waals surface area contributed by atoms with Crippen LogP contribution in [0, 0.1) is 0 Å². The van der Waals surface area contributed by atoms with E-state index in [0.717, 1.165) is 44.6 Å². The highest BCUT2D eigenvalue weighted by atomic mass is 35.5. The van der Waals surface area contributed by atoms with Gasteiger partial charge < -0.3 is 5.32 Å². The molecule has 0 aliphatic heterocycles. The number of nitrogens with one attached hydrogen (secondary N) is 1. The Balaban J connectivity index is 1.64. The summed E-state index contributed by atoms with van der Waals surface area (Å²) >= 11 is 19.9. The first-order valence-electron chi connectivity index (χ1n) is 8.75. The number of aromatic nitrogens is 2. The first-order valence-corrected chi connectivity index (χ1v) is 10.7. The molecule has 0 radical (unpaired) electrons. The fraction of sp³-hybridized carbons (Fsp3) is 0.368. The number of benzene rings is 1. The van der Waals surface area contributed by atoms with Crippen molar-refractivity contribution < 1.29 is 0 Å². The van der Waals surface area contributed by atoms with Gasteiger partial charge in [0.25, 0.3) is 0 Å². The third-order valence-corrected chi connectivity index (χ3v) is 6.69. The van der Waals surface area contributed by atoms with Crippen LogP contribution in [0.2, 0.25) is 14.4 Å². The minimum Gasteiger partial charge on any atom is -0.365 e. The third kappa shape index (κ3) is 3.94. The molecule has 3 aromatic rings. The highest BCUT2D eigenvalue weighted by Crippen LogP contribution is 2.36. The van der Waals surface area contributed by atoms with Crippen LogP contribution in [0.4, 0.5) is 5.82 Å². The molecule has 4 rings (SSSR count). The summed E-state index contributed by atoms with van der Waals surface area (Å²) in [6, 6.07) is 7.58. The summed E-state index contributed by atoms with van der Waals surface area (Å²) in [6.45, 7) is 0.612. The lowest BCUT2D eigenvalue weighted by atomic mass is 9.89. The topological polar surface area (TPSA) is 37.8 Å². The lowest BCUT2D eigenvalue weighted by Crippen LogP contribution is -2.11. The van der Waals surface area contributed by atoms with Crippen LogP contribution in [0.5, 0.6) is 0 Å². The van der Waals surface area contributed by atoms with E-state index in [1.807, 2.05) is 24.3 Å². The van der Waals surface area contributed by atoms with Crippen LogP contribution in [-0.2, 0) is 6.54 Å². The summed E-state index contributed by atoms with van der Waals surface area (Å²) in [5.41, 5.74) is 1.05. The van der Waals surface area contributed by atoms with Crippen LogP contribution in [0.25, 0.3) is 10.2 Å². The molecule has 136 valence electrons. The zero-order valence-corrected chi connectivity index (χ0v) is 17.2. The van der Waals surface area contributed by atoms with E-state index in [2.05, 4.69) is 5.32 Å². The zero-order valence-electron chi connectivity index (χ0n) is 14.1. The van der Waals surface area contributed by atoms with Gasteiger partial charge in [0.05, 0.1) is 19.8 Å². The second-order valence-electron chi connectivity index (χ2n) is 6.64. The highest BCUT2D eigenvalue weighted by Gasteiger charge is 2.21. The van der Waals surface area contributed by atoms with Gasteiger partial charge >= 0.3 is 0 Å². The molecule has 26 heavy (non-hydrogen) atoms. The zero-order chi connectivity index (χ0) is 18.1. The van der Waals surface area contributed by atoms with Gasteiger partial charge in [-0.1, -0.05) is 60.1 Å². The van der Waals surface area contributed by atoms with Crippen LogP contribution < -0.4 is 5.32 Å². The Morgan fingerprint density at radius 1 is 1.00 bits per heavy atom. The molecule has 7 heteroatoms. The summed E-state index contributed by atoms with van der Waals surface area (Å²) < 4.78 is 0.729. The minimum absolute atomic E-state index is 0.444. The largest absolute Gasteiger partial charge is 0.365 e. The first-order chi connectivity index (χ1) is 12.6. The average molecular weight is 427 g/mol. The number of nitrogens with zero attached hydrogens (tertiary/aromatic N) is 2. The summed E-state index contributed by atoms with van der Waals surface area (Å²) in [5.74, 6) is 2.22. The van der Waals surface area contributed by atoms with Crippen molar-refractivity contribution in [2.75, 3.05) is 5.32 Å². The van der Waals surface area contributed by atoms with E-state index in [9.17, 15) is 0 Å². The van der Waals surface area contributed by atoms with Crippen LogP contribution in [0.1, 0.15) is 49.4 Å². The van der Waals surface area contributed by atoms with Gasteiger partial charge in [-0.2, -0.15) is 0 Å². The standard InChI is InChI=1S/C19H18Cl3N3S/c20-14-7-6-11(8-15(14)21)10-23-18-13-9-16(22)26-19(13)25-17(24-18)12-4-2-1-3-5-12/h6-9,12H,1-5,10H2,(H,23,24,25). The van der Waals surface area contributed by atoms with E-state index >= 15 is 0 Å². The van der Waals surface area contributed by atoms with Gasteiger partial charge in [-0.05, 0) is 36.6 Å². The predicted molar refractivity (Wildman–Crippen MR) is 112 cm³/mol. The third-order valence-electron chi connectivity index (χ3n) is 4.79. The van der Waals surface area contributed by atoms with Crippen molar-refractivity contribution in [2.45, 2.75) is 44.6 Å². The first kappa shape index (κ1) is 18.3. The number of fused-ring (bicyclic) bond motifs is 1. The summed E-state index contributed by atoms with van der Waals surface area (Å²) in [7, 11) is 0. The van der Waals surface area contributed by atoms with Crippen LogP contribution in [0.15, 0.2) is 24.3 Å². The smallest absolute Gasteiger partial charge is 0.138 e. The molecule has 1 fully saturated rings. The number of hydrogen-bond donors (Lipinski definition) is 1. The molecule has 1 saturated carbocycles. The van der Waals surface area contributed by atoms with Gasteiger partial charge in [-0.25, -0.2) is 9.97 Å². The molecule has 2 heterocycles. The highest BCUT2D eigenvalue weighted by molar-refractivity contribution is 7.22. The molecule has 1 aliphatic rings. The van der Waals surface area contributed by atoms with Crippen molar-refractivity contribution in [3.63, 3.8) is 0 Å². The molecule has 3 nitrogen and oxygen atoms in total. The second-order valence-corrected chi connectivity index (χ2v) is 9.11. The maximum atomic E-state index is 6.24. The SMILES string of the molecule is Clc1cc2c(NCc3ccc(Cl)c(Cl)c3)nc(C3CCCCC3)nc2s1. The Hall–Kier alpha value is -1.07. The summed E-state index contributed by atoms with van der Waals surface area (Å²) in [4.78, 5) is 10.6. The minimum atomic E-state index is 0.444. The Morgan fingerprint density at radius 3 is 2.58 bits per heavy atom. The summed E-state index contributed by atoms with van der Waals surface area (Å²) in [6.07, 6.45) is 6.15. The lowest BCUT2D eigenvalue weighted by Gasteiger charge is -2.21.